The van der Waals surface area contributed by atoms with Crippen molar-refractivity contribution in [3.05, 3.63) is 48.0 Å². The largest absolute Gasteiger partial charge is 0.497 e. The standard InChI is InChI=1S/C20H27N2O6P/c1-5-27-29(24,28-6-2)14-15-7-9-16(10-8-15)21-20(23)22-18-12-11-17(25-3)13-19(18)26-4/h7-13H,5-6,14H2,1-4H3,(H2,21,22,23). The smallest absolute Gasteiger partial charge is 0.335 e. The maximum Gasteiger partial charge on any atom is 0.335 e. The van der Waals surface area contributed by atoms with E-state index in [4.69, 9.17) is 18.5 Å². The number of rotatable bonds is 10. The zero-order valence-electron chi connectivity index (χ0n) is 17.1. The normalized spacial score (nSPS) is 11.0. The molecule has 158 valence electrons. The maximum atomic E-state index is 12.6. The topological polar surface area (TPSA) is 95.1 Å². The van der Waals surface area contributed by atoms with E-state index in [1.54, 1.807) is 63.4 Å². The summed E-state index contributed by atoms with van der Waals surface area (Å²) in [4.78, 5) is 12.3. The van der Waals surface area contributed by atoms with Crippen LogP contribution in [-0.2, 0) is 19.8 Å². The van der Waals surface area contributed by atoms with Crippen LogP contribution < -0.4 is 20.1 Å². The van der Waals surface area contributed by atoms with Gasteiger partial charge in [-0.05, 0) is 43.7 Å². The van der Waals surface area contributed by atoms with Crippen LogP contribution in [0.25, 0.3) is 0 Å². The number of methoxy groups -OCH3 is 2. The molecule has 29 heavy (non-hydrogen) atoms. The SMILES string of the molecule is CCOP(=O)(Cc1ccc(NC(=O)Nc2ccc(OC)cc2OC)cc1)OCC. The minimum absolute atomic E-state index is 0.171. The van der Waals surface area contributed by atoms with Crippen LogP contribution in [0.3, 0.4) is 0 Å². The Morgan fingerprint density at radius 2 is 1.59 bits per heavy atom. The summed E-state index contributed by atoms with van der Waals surface area (Å²) >= 11 is 0. The molecule has 0 aliphatic heterocycles. The summed E-state index contributed by atoms with van der Waals surface area (Å²) in [6.45, 7) is 4.17. The molecule has 0 atom stereocenters. The van der Waals surface area contributed by atoms with Crippen molar-refractivity contribution in [3.8, 4) is 11.5 Å². The molecule has 2 amide bonds. The van der Waals surface area contributed by atoms with Gasteiger partial charge in [0.1, 0.15) is 11.5 Å². The van der Waals surface area contributed by atoms with Crippen molar-refractivity contribution in [2.45, 2.75) is 20.0 Å². The summed E-state index contributed by atoms with van der Waals surface area (Å²) in [6.07, 6.45) is 0.171. The lowest BCUT2D eigenvalue weighted by atomic mass is 10.2. The van der Waals surface area contributed by atoms with Gasteiger partial charge in [0.25, 0.3) is 0 Å². The Bertz CT molecular complexity index is 847. The highest BCUT2D eigenvalue weighted by Gasteiger charge is 2.23. The summed E-state index contributed by atoms with van der Waals surface area (Å²) in [5.74, 6) is 1.11. The van der Waals surface area contributed by atoms with Gasteiger partial charge in [0.15, 0.2) is 0 Å². The number of urea groups is 1. The molecular weight excluding hydrogens is 395 g/mol. The van der Waals surface area contributed by atoms with Gasteiger partial charge in [-0.1, -0.05) is 12.1 Å². The average molecular weight is 422 g/mol. The van der Waals surface area contributed by atoms with E-state index in [0.717, 1.165) is 5.56 Å². The Balaban J connectivity index is 2.00. The van der Waals surface area contributed by atoms with Gasteiger partial charge in [0.2, 0.25) is 0 Å². The van der Waals surface area contributed by atoms with Gasteiger partial charge in [-0.2, -0.15) is 0 Å². The number of carbonyl (C=O) groups excluding carboxylic acids is 1. The van der Waals surface area contributed by atoms with Crippen molar-refractivity contribution >= 4 is 25.0 Å². The Morgan fingerprint density at radius 3 is 2.14 bits per heavy atom. The van der Waals surface area contributed by atoms with Crippen molar-refractivity contribution in [2.75, 3.05) is 38.1 Å². The number of carbonyl (C=O) groups is 1. The lowest BCUT2D eigenvalue weighted by molar-refractivity contribution is 0.219. The third-order valence-corrected chi connectivity index (χ3v) is 5.95. The van der Waals surface area contributed by atoms with Gasteiger partial charge in [0.05, 0.1) is 39.3 Å². The van der Waals surface area contributed by atoms with E-state index in [0.29, 0.717) is 36.1 Å². The highest BCUT2D eigenvalue weighted by molar-refractivity contribution is 7.53. The fourth-order valence-electron chi connectivity index (χ4n) is 2.63. The second-order valence-corrected chi connectivity index (χ2v) is 8.00. The van der Waals surface area contributed by atoms with Crippen LogP contribution in [0.5, 0.6) is 11.5 Å². The van der Waals surface area contributed by atoms with Gasteiger partial charge in [-0.15, -0.1) is 0 Å². The van der Waals surface area contributed by atoms with Gasteiger partial charge in [-0.25, -0.2) is 4.79 Å². The van der Waals surface area contributed by atoms with Crippen LogP contribution >= 0.6 is 7.60 Å². The van der Waals surface area contributed by atoms with E-state index in [1.165, 1.54) is 7.11 Å². The molecule has 0 saturated carbocycles. The molecule has 9 heteroatoms. The lowest BCUT2D eigenvalue weighted by Crippen LogP contribution is -2.19. The van der Waals surface area contributed by atoms with E-state index in [9.17, 15) is 9.36 Å². The van der Waals surface area contributed by atoms with E-state index < -0.39 is 13.6 Å². The number of ether oxygens (including phenoxy) is 2. The second-order valence-electron chi connectivity index (χ2n) is 5.95. The zero-order valence-corrected chi connectivity index (χ0v) is 18.0. The summed E-state index contributed by atoms with van der Waals surface area (Å²) in [5, 5.41) is 5.47. The minimum Gasteiger partial charge on any atom is -0.497 e. The van der Waals surface area contributed by atoms with Gasteiger partial charge in [0, 0.05) is 11.8 Å². The van der Waals surface area contributed by atoms with Gasteiger partial charge >= 0.3 is 13.6 Å². The molecule has 0 unspecified atom stereocenters. The summed E-state index contributed by atoms with van der Waals surface area (Å²) in [7, 11) is -0.100. The quantitative estimate of drug-likeness (QED) is 0.517. The molecule has 0 bridgehead atoms. The van der Waals surface area contributed by atoms with Crippen molar-refractivity contribution in [1.29, 1.82) is 0 Å². The third-order valence-electron chi connectivity index (χ3n) is 3.90. The Kier molecular flexibility index (Phi) is 8.51. The lowest BCUT2D eigenvalue weighted by Gasteiger charge is -2.17. The first-order valence-corrected chi connectivity index (χ1v) is 10.9. The molecule has 2 N–H and O–H groups in total. The predicted molar refractivity (Wildman–Crippen MR) is 113 cm³/mol. The molecule has 0 saturated heterocycles. The molecule has 0 spiro atoms. The number of amides is 2. The molecule has 0 fully saturated rings. The van der Waals surface area contributed by atoms with Gasteiger partial charge in [-0.3, -0.25) is 4.57 Å². The first-order chi connectivity index (χ1) is 13.9. The molecule has 8 nitrogen and oxygen atoms in total. The molecule has 0 aromatic heterocycles. The maximum absolute atomic E-state index is 12.6. The van der Waals surface area contributed by atoms with Crippen LogP contribution in [0.15, 0.2) is 42.5 Å². The zero-order chi connectivity index (χ0) is 21.3. The summed E-state index contributed by atoms with van der Waals surface area (Å²) < 4.78 is 33.6. The van der Waals surface area contributed by atoms with Gasteiger partial charge < -0.3 is 29.2 Å². The first kappa shape index (κ1) is 22.7. The van der Waals surface area contributed by atoms with E-state index in [1.807, 2.05) is 0 Å². The van der Waals surface area contributed by atoms with Crippen LogP contribution in [0.1, 0.15) is 19.4 Å². The van der Waals surface area contributed by atoms with E-state index >= 15 is 0 Å². The summed E-state index contributed by atoms with van der Waals surface area (Å²) in [5.41, 5.74) is 1.89. The van der Waals surface area contributed by atoms with Crippen molar-refractivity contribution in [3.63, 3.8) is 0 Å². The average Bonchev–Trinajstić information content (AvgIpc) is 2.70. The van der Waals surface area contributed by atoms with E-state index in [-0.39, 0.29) is 6.16 Å². The molecule has 0 radical (unpaired) electrons. The van der Waals surface area contributed by atoms with E-state index in [2.05, 4.69) is 10.6 Å². The van der Waals surface area contributed by atoms with Crippen molar-refractivity contribution in [1.82, 2.24) is 0 Å². The highest BCUT2D eigenvalue weighted by atomic mass is 31.2. The number of anilines is 2. The fraction of sp³-hybridized carbons (Fsp3) is 0.350. The van der Waals surface area contributed by atoms with Crippen LogP contribution in [0, 0.1) is 0 Å². The van der Waals surface area contributed by atoms with Crippen molar-refractivity contribution < 1.29 is 27.9 Å². The molecule has 0 aliphatic carbocycles. The number of hydrogen-bond donors (Lipinski definition) is 2. The highest BCUT2D eigenvalue weighted by Crippen LogP contribution is 2.51. The molecule has 2 aromatic carbocycles. The van der Waals surface area contributed by atoms with Crippen molar-refractivity contribution in [2.24, 2.45) is 0 Å². The number of benzene rings is 2. The van der Waals surface area contributed by atoms with Crippen LogP contribution in [0.2, 0.25) is 0 Å². The molecule has 2 rings (SSSR count). The molecule has 2 aromatic rings. The van der Waals surface area contributed by atoms with Crippen LogP contribution in [0.4, 0.5) is 16.2 Å². The predicted octanol–water partition coefficient (Wildman–Crippen LogP) is 5.11. The minimum atomic E-state index is -3.17. The monoisotopic (exact) mass is 422 g/mol. The third kappa shape index (κ3) is 6.78. The molecular formula is C20H27N2O6P. The molecule has 0 aliphatic rings. The number of hydrogen-bond acceptors (Lipinski definition) is 6. The van der Waals surface area contributed by atoms with Crippen LogP contribution in [-0.4, -0.2) is 33.5 Å². The Morgan fingerprint density at radius 1 is 0.931 bits per heavy atom. The first-order valence-electron chi connectivity index (χ1n) is 9.20. The Hall–Kier alpha value is -2.54. The second kappa shape index (κ2) is 10.9. The fourth-order valence-corrected chi connectivity index (χ4v) is 4.33. The number of nitrogens with one attached hydrogen (secondary N) is 2. The molecule has 0 heterocycles. The summed E-state index contributed by atoms with van der Waals surface area (Å²) in [6, 6.07) is 11.7. The Labute approximate surface area is 171 Å².